The van der Waals surface area contributed by atoms with Gasteiger partial charge < -0.3 is 15.0 Å². The number of hydrogen-bond acceptors (Lipinski definition) is 5. The number of hydroxylamine groups is 1. The van der Waals surface area contributed by atoms with E-state index in [0.717, 1.165) is 11.4 Å². The van der Waals surface area contributed by atoms with E-state index in [1.165, 1.54) is 0 Å². The number of ether oxygens (including phenoxy) is 1. The van der Waals surface area contributed by atoms with Gasteiger partial charge in [0.05, 0.1) is 13.2 Å². The Bertz CT molecular complexity index is 577. The van der Waals surface area contributed by atoms with Crippen molar-refractivity contribution in [2.24, 2.45) is 0 Å². The molecule has 2 N–H and O–H groups in total. The molecule has 2 saturated heterocycles. The predicted molar refractivity (Wildman–Crippen MR) is 84.3 cm³/mol. The Hall–Kier alpha value is -2.16. The standard InChI is InChI=1S/C15H20N4O4/c1-16-8-13-9-19(15(21)17-23-13)12-4-2-11(3-5-12)18-6-7-22-10-14(18)20/h2-5,13,16H,6-10H2,1H3,(H,17,21). The fraction of sp³-hybridized carbons (Fsp3) is 0.467. The lowest BCUT2D eigenvalue weighted by Crippen LogP contribution is -2.54. The molecule has 3 amide bonds. The van der Waals surface area contributed by atoms with Crippen molar-refractivity contribution in [3.05, 3.63) is 24.3 Å². The third kappa shape index (κ3) is 3.44. The summed E-state index contributed by atoms with van der Waals surface area (Å²) >= 11 is 0. The number of amides is 3. The number of carbonyl (C=O) groups is 2. The number of nitrogens with one attached hydrogen (secondary N) is 2. The van der Waals surface area contributed by atoms with Crippen LogP contribution in [-0.2, 0) is 14.4 Å². The van der Waals surface area contributed by atoms with E-state index in [-0.39, 0.29) is 24.6 Å². The summed E-state index contributed by atoms with van der Waals surface area (Å²) in [7, 11) is 1.83. The molecule has 1 atom stereocenters. The van der Waals surface area contributed by atoms with Crippen LogP contribution in [0.3, 0.4) is 0 Å². The lowest BCUT2D eigenvalue weighted by Gasteiger charge is -2.33. The topological polar surface area (TPSA) is 83.1 Å². The number of likely N-dealkylation sites (N-methyl/N-ethyl adjacent to an activating group) is 1. The molecule has 3 rings (SSSR count). The summed E-state index contributed by atoms with van der Waals surface area (Å²) in [5, 5.41) is 3.02. The summed E-state index contributed by atoms with van der Waals surface area (Å²) in [6.45, 7) is 2.28. The minimum atomic E-state index is -0.299. The predicted octanol–water partition coefficient (Wildman–Crippen LogP) is 0.0990. The highest BCUT2D eigenvalue weighted by Crippen LogP contribution is 2.23. The maximum atomic E-state index is 12.0. The molecule has 0 aromatic heterocycles. The summed E-state index contributed by atoms with van der Waals surface area (Å²) in [6.07, 6.45) is -0.127. The quantitative estimate of drug-likeness (QED) is 0.822. The van der Waals surface area contributed by atoms with E-state index in [2.05, 4.69) is 10.8 Å². The first-order chi connectivity index (χ1) is 11.2. The summed E-state index contributed by atoms with van der Waals surface area (Å²) in [5.74, 6) is -0.0535. The summed E-state index contributed by atoms with van der Waals surface area (Å²) in [6, 6.07) is 7.05. The van der Waals surface area contributed by atoms with E-state index in [9.17, 15) is 9.59 Å². The Labute approximate surface area is 134 Å². The van der Waals surface area contributed by atoms with Gasteiger partial charge in [-0.2, -0.15) is 0 Å². The minimum absolute atomic E-state index is 0.0535. The first kappa shape index (κ1) is 15.7. The zero-order valence-electron chi connectivity index (χ0n) is 12.9. The molecule has 0 radical (unpaired) electrons. The lowest BCUT2D eigenvalue weighted by molar-refractivity contribution is -0.125. The van der Waals surface area contributed by atoms with Gasteiger partial charge in [-0.05, 0) is 31.3 Å². The first-order valence-corrected chi connectivity index (χ1v) is 7.55. The average molecular weight is 320 g/mol. The molecule has 0 spiro atoms. The highest BCUT2D eigenvalue weighted by Gasteiger charge is 2.27. The van der Waals surface area contributed by atoms with Crippen molar-refractivity contribution in [3.8, 4) is 0 Å². The molecule has 23 heavy (non-hydrogen) atoms. The summed E-state index contributed by atoms with van der Waals surface area (Å²) in [4.78, 5) is 32.4. The normalized spacial score (nSPS) is 22.2. The molecule has 2 aliphatic rings. The Kier molecular flexibility index (Phi) is 4.75. The molecule has 1 aromatic rings. The lowest BCUT2D eigenvalue weighted by atomic mass is 10.2. The van der Waals surface area contributed by atoms with E-state index in [1.807, 2.05) is 31.3 Å². The molecule has 124 valence electrons. The Morgan fingerprint density at radius 3 is 2.57 bits per heavy atom. The molecule has 0 aliphatic carbocycles. The van der Waals surface area contributed by atoms with Gasteiger partial charge in [0.2, 0.25) is 0 Å². The molecule has 1 unspecified atom stereocenters. The largest absolute Gasteiger partial charge is 0.370 e. The second-order valence-corrected chi connectivity index (χ2v) is 5.43. The van der Waals surface area contributed by atoms with Crippen LogP contribution in [0.15, 0.2) is 24.3 Å². The molecule has 2 aliphatic heterocycles. The fourth-order valence-corrected chi connectivity index (χ4v) is 2.67. The highest BCUT2D eigenvalue weighted by atomic mass is 16.7. The third-order valence-corrected chi connectivity index (χ3v) is 3.83. The molecular formula is C15H20N4O4. The van der Waals surface area contributed by atoms with E-state index >= 15 is 0 Å². The van der Waals surface area contributed by atoms with Crippen LogP contribution in [-0.4, -0.2) is 57.9 Å². The van der Waals surface area contributed by atoms with E-state index in [0.29, 0.717) is 26.2 Å². The minimum Gasteiger partial charge on any atom is -0.370 e. The third-order valence-electron chi connectivity index (χ3n) is 3.83. The number of nitrogens with zero attached hydrogens (tertiary/aromatic N) is 2. The average Bonchev–Trinajstić information content (AvgIpc) is 2.58. The SMILES string of the molecule is CNCC1CN(c2ccc(N3CCOCC3=O)cc2)C(=O)NO1. The zero-order valence-corrected chi connectivity index (χ0v) is 12.9. The number of carbonyl (C=O) groups excluding carboxylic acids is 2. The monoisotopic (exact) mass is 320 g/mol. The van der Waals surface area contributed by atoms with Gasteiger partial charge in [0, 0.05) is 24.5 Å². The van der Waals surface area contributed by atoms with Gasteiger partial charge in [0.1, 0.15) is 12.7 Å². The molecule has 8 nitrogen and oxygen atoms in total. The van der Waals surface area contributed by atoms with Gasteiger partial charge in [0.15, 0.2) is 0 Å². The van der Waals surface area contributed by atoms with Crippen LogP contribution in [0, 0.1) is 0 Å². The number of morpholine rings is 1. The van der Waals surface area contributed by atoms with Gasteiger partial charge in [-0.25, -0.2) is 10.3 Å². The van der Waals surface area contributed by atoms with Gasteiger partial charge in [-0.15, -0.1) is 0 Å². The van der Waals surface area contributed by atoms with Crippen LogP contribution in [0.25, 0.3) is 0 Å². The van der Waals surface area contributed by atoms with Crippen LogP contribution >= 0.6 is 0 Å². The Morgan fingerprint density at radius 1 is 1.22 bits per heavy atom. The number of anilines is 2. The van der Waals surface area contributed by atoms with Crippen molar-refractivity contribution in [1.29, 1.82) is 0 Å². The number of urea groups is 1. The van der Waals surface area contributed by atoms with E-state index in [1.54, 1.807) is 9.80 Å². The molecule has 8 heteroatoms. The molecular weight excluding hydrogens is 300 g/mol. The Morgan fingerprint density at radius 2 is 1.91 bits per heavy atom. The molecule has 1 aromatic carbocycles. The van der Waals surface area contributed by atoms with Gasteiger partial charge in [0.25, 0.3) is 5.91 Å². The van der Waals surface area contributed by atoms with Crippen LogP contribution < -0.4 is 20.6 Å². The second-order valence-electron chi connectivity index (χ2n) is 5.43. The van der Waals surface area contributed by atoms with Crippen LogP contribution in [0.1, 0.15) is 0 Å². The number of benzene rings is 1. The Balaban J connectivity index is 1.73. The summed E-state index contributed by atoms with van der Waals surface area (Å²) in [5.41, 5.74) is 3.98. The van der Waals surface area contributed by atoms with Crippen molar-refractivity contribution in [2.75, 3.05) is 49.7 Å². The number of rotatable bonds is 4. The maximum Gasteiger partial charge on any atom is 0.345 e. The molecule has 2 fully saturated rings. The molecule has 0 bridgehead atoms. The number of hydrogen-bond donors (Lipinski definition) is 2. The van der Waals surface area contributed by atoms with Crippen molar-refractivity contribution >= 4 is 23.3 Å². The van der Waals surface area contributed by atoms with Crippen LogP contribution in [0.4, 0.5) is 16.2 Å². The highest BCUT2D eigenvalue weighted by molar-refractivity contribution is 5.96. The van der Waals surface area contributed by atoms with E-state index < -0.39 is 0 Å². The molecule has 0 saturated carbocycles. The fourth-order valence-electron chi connectivity index (χ4n) is 2.67. The first-order valence-electron chi connectivity index (χ1n) is 7.55. The van der Waals surface area contributed by atoms with Gasteiger partial charge >= 0.3 is 6.03 Å². The van der Waals surface area contributed by atoms with Gasteiger partial charge in [-0.3, -0.25) is 14.5 Å². The smallest absolute Gasteiger partial charge is 0.345 e. The van der Waals surface area contributed by atoms with Crippen molar-refractivity contribution in [2.45, 2.75) is 6.10 Å². The second kappa shape index (κ2) is 6.95. The van der Waals surface area contributed by atoms with Crippen molar-refractivity contribution < 1.29 is 19.2 Å². The summed E-state index contributed by atoms with van der Waals surface area (Å²) < 4.78 is 5.13. The van der Waals surface area contributed by atoms with Crippen molar-refractivity contribution in [1.82, 2.24) is 10.8 Å². The maximum absolute atomic E-state index is 12.0. The zero-order chi connectivity index (χ0) is 16.2. The van der Waals surface area contributed by atoms with E-state index in [4.69, 9.17) is 9.57 Å². The van der Waals surface area contributed by atoms with Crippen LogP contribution in [0.2, 0.25) is 0 Å². The van der Waals surface area contributed by atoms with Crippen molar-refractivity contribution in [3.63, 3.8) is 0 Å². The molecule has 2 heterocycles. The van der Waals surface area contributed by atoms with Gasteiger partial charge in [-0.1, -0.05) is 0 Å². The van der Waals surface area contributed by atoms with Crippen LogP contribution in [0.5, 0.6) is 0 Å².